The first-order chi connectivity index (χ1) is 9.54. The molecular weight excluding hydrogens is 338 g/mol. The summed E-state index contributed by atoms with van der Waals surface area (Å²) < 4.78 is 1.05. The van der Waals surface area contributed by atoms with Crippen molar-refractivity contribution in [2.45, 2.75) is 20.3 Å². The molecule has 0 radical (unpaired) electrons. The van der Waals surface area contributed by atoms with Gasteiger partial charge in [0, 0.05) is 15.9 Å². The van der Waals surface area contributed by atoms with Crippen LogP contribution in [0.4, 0.5) is 9.93 Å². The Hall–Kier alpha value is -1.40. The van der Waals surface area contributed by atoms with Gasteiger partial charge in [0.1, 0.15) is 0 Å². The molecular formula is C14H16BrN3OS. The van der Waals surface area contributed by atoms with Crippen molar-refractivity contribution in [3.8, 4) is 0 Å². The zero-order valence-corrected chi connectivity index (χ0v) is 13.8. The maximum atomic E-state index is 11.7. The highest BCUT2D eigenvalue weighted by Gasteiger charge is 2.07. The molecule has 1 aromatic carbocycles. The summed E-state index contributed by atoms with van der Waals surface area (Å²) in [5.74, 6) is 0. The Labute approximate surface area is 130 Å². The van der Waals surface area contributed by atoms with E-state index < -0.39 is 0 Å². The summed E-state index contributed by atoms with van der Waals surface area (Å²) in [6, 6.07) is 7.84. The molecule has 0 unspecified atom stereocenters. The summed E-state index contributed by atoms with van der Waals surface area (Å²) in [6.07, 6.45) is 0.794. The fourth-order valence-electron chi connectivity index (χ4n) is 1.68. The van der Waals surface area contributed by atoms with Crippen LogP contribution in [0, 0.1) is 13.8 Å². The van der Waals surface area contributed by atoms with Gasteiger partial charge in [-0.05, 0) is 38.0 Å². The largest absolute Gasteiger partial charge is 0.337 e. The molecule has 20 heavy (non-hydrogen) atoms. The van der Waals surface area contributed by atoms with E-state index >= 15 is 0 Å². The summed E-state index contributed by atoms with van der Waals surface area (Å²) >= 11 is 4.91. The molecule has 0 saturated heterocycles. The molecule has 0 bridgehead atoms. The van der Waals surface area contributed by atoms with Gasteiger partial charge in [-0.2, -0.15) is 0 Å². The number of amides is 2. The van der Waals surface area contributed by atoms with E-state index in [1.165, 1.54) is 16.9 Å². The Kier molecular flexibility index (Phi) is 5.14. The Morgan fingerprint density at radius 1 is 1.40 bits per heavy atom. The molecule has 0 aliphatic rings. The van der Waals surface area contributed by atoms with Crippen LogP contribution in [0.3, 0.4) is 0 Å². The molecule has 0 saturated carbocycles. The maximum Gasteiger partial charge on any atom is 0.321 e. The van der Waals surface area contributed by atoms with E-state index in [0.717, 1.165) is 21.5 Å². The van der Waals surface area contributed by atoms with Gasteiger partial charge in [0.2, 0.25) is 0 Å². The first kappa shape index (κ1) is 15.0. The third-order valence-corrected chi connectivity index (χ3v) is 4.32. The predicted molar refractivity (Wildman–Crippen MR) is 86.5 cm³/mol. The molecule has 106 valence electrons. The van der Waals surface area contributed by atoms with Gasteiger partial charge in [0.05, 0.1) is 5.69 Å². The topological polar surface area (TPSA) is 54.0 Å². The molecule has 4 nitrogen and oxygen atoms in total. The van der Waals surface area contributed by atoms with Gasteiger partial charge in [0.15, 0.2) is 5.13 Å². The van der Waals surface area contributed by atoms with E-state index in [1.807, 2.05) is 38.1 Å². The Morgan fingerprint density at radius 3 is 2.85 bits per heavy atom. The van der Waals surface area contributed by atoms with Crippen molar-refractivity contribution >= 4 is 38.4 Å². The molecule has 6 heteroatoms. The molecule has 0 fully saturated rings. The number of benzene rings is 1. The van der Waals surface area contributed by atoms with Crippen LogP contribution in [0.2, 0.25) is 0 Å². The van der Waals surface area contributed by atoms with Crippen LogP contribution in [-0.4, -0.2) is 17.6 Å². The van der Waals surface area contributed by atoms with Crippen molar-refractivity contribution in [1.29, 1.82) is 0 Å². The second kappa shape index (κ2) is 6.85. The third-order valence-electron chi connectivity index (χ3n) is 2.84. The van der Waals surface area contributed by atoms with Gasteiger partial charge >= 0.3 is 6.03 Å². The van der Waals surface area contributed by atoms with Gasteiger partial charge in [-0.15, -0.1) is 11.3 Å². The number of aromatic nitrogens is 1. The second-order valence-electron chi connectivity index (χ2n) is 4.42. The Balaban J connectivity index is 1.78. The Morgan fingerprint density at radius 2 is 2.20 bits per heavy atom. The van der Waals surface area contributed by atoms with Crippen molar-refractivity contribution in [2.75, 3.05) is 11.9 Å². The summed E-state index contributed by atoms with van der Waals surface area (Å²) in [4.78, 5) is 17.1. The molecule has 2 N–H and O–H groups in total. The van der Waals surface area contributed by atoms with Crippen molar-refractivity contribution in [3.05, 3.63) is 44.9 Å². The number of nitrogens with one attached hydrogen (secondary N) is 2. The maximum absolute atomic E-state index is 11.7. The summed E-state index contributed by atoms with van der Waals surface area (Å²) in [6.45, 7) is 4.51. The zero-order chi connectivity index (χ0) is 14.5. The first-order valence-corrected chi connectivity index (χ1v) is 7.89. The first-order valence-electron chi connectivity index (χ1n) is 6.28. The lowest BCUT2D eigenvalue weighted by atomic mass is 10.1. The lowest BCUT2D eigenvalue weighted by Gasteiger charge is -2.05. The summed E-state index contributed by atoms with van der Waals surface area (Å²) in [5.41, 5.74) is 2.14. The van der Waals surface area contributed by atoms with Crippen molar-refractivity contribution in [3.63, 3.8) is 0 Å². The van der Waals surface area contributed by atoms with Gasteiger partial charge in [0.25, 0.3) is 0 Å². The summed E-state index contributed by atoms with van der Waals surface area (Å²) in [5, 5.41) is 6.22. The monoisotopic (exact) mass is 353 g/mol. The predicted octanol–water partition coefficient (Wildman–Crippen LogP) is 3.89. The standard InChI is InChI=1S/C14H16BrN3OS/c1-9-10(2)20-14(17-9)18-13(19)16-7-6-11-4-3-5-12(15)8-11/h3-5,8H,6-7H2,1-2H3,(H2,16,17,18,19). The highest BCUT2D eigenvalue weighted by atomic mass is 79.9. The van der Waals surface area contributed by atoms with Gasteiger partial charge in [-0.1, -0.05) is 28.1 Å². The number of hydrogen-bond donors (Lipinski definition) is 2. The number of rotatable bonds is 4. The zero-order valence-electron chi connectivity index (χ0n) is 11.4. The third kappa shape index (κ3) is 4.31. The molecule has 1 aromatic heterocycles. The average molecular weight is 354 g/mol. The minimum Gasteiger partial charge on any atom is -0.337 e. The highest BCUT2D eigenvalue weighted by Crippen LogP contribution is 2.20. The fraction of sp³-hybridized carbons (Fsp3) is 0.286. The van der Waals surface area contributed by atoms with E-state index in [1.54, 1.807) is 0 Å². The normalized spacial score (nSPS) is 10.3. The highest BCUT2D eigenvalue weighted by molar-refractivity contribution is 9.10. The second-order valence-corrected chi connectivity index (χ2v) is 6.54. The summed E-state index contributed by atoms with van der Waals surface area (Å²) in [7, 11) is 0. The Bertz CT molecular complexity index is 593. The van der Waals surface area contributed by atoms with Gasteiger partial charge < -0.3 is 5.32 Å². The molecule has 0 atom stereocenters. The number of urea groups is 1. The lowest BCUT2D eigenvalue weighted by Crippen LogP contribution is -2.30. The van der Waals surface area contributed by atoms with Crippen LogP contribution >= 0.6 is 27.3 Å². The number of anilines is 1. The molecule has 2 aromatic rings. The van der Waals surface area contributed by atoms with E-state index in [9.17, 15) is 4.79 Å². The molecule has 0 spiro atoms. The minimum atomic E-state index is -0.214. The number of hydrogen-bond acceptors (Lipinski definition) is 3. The smallest absolute Gasteiger partial charge is 0.321 e. The minimum absolute atomic E-state index is 0.214. The van der Waals surface area contributed by atoms with E-state index in [0.29, 0.717) is 11.7 Å². The van der Waals surface area contributed by atoms with E-state index in [2.05, 4.69) is 31.5 Å². The number of thiazole rings is 1. The quantitative estimate of drug-likeness (QED) is 0.875. The van der Waals surface area contributed by atoms with Crippen molar-refractivity contribution in [1.82, 2.24) is 10.3 Å². The number of nitrogens with zero attached hydrogens (tertiary/aromatic N) is 1. The van der Waals surface area contributed by atoms with Crippen LogP contribution in [0.1, 0.15) is 16.1 Å². The van der Waals surface area contributed by atoms with Gasteiger partial charge in [-0.3, -0.25) is 5.32 Å². The average Bonchev–Trinajstić information content (AvgIpc) is 2.68. The molecule has 0 aliphatic heterocycles. The molecule has 0 aliphatic carbocycles. The fourth-order valence-corrected chi connectivity index (χ4v) is 2.94. The SMILES string of the molecule is Cc1nc(NC(=O)NCCc2cccc(Br)c2)sc1C. The van der Waals surface area contributed by atoms with Crippen molar-refractivity contribution in [2.24, 2.45) is 0 Å². The van der Waals surface area contributed by atoms with E-state index in [-0.39, 0.29) is 6.03 Å². The van der Waals surface area contributed by atoms with Gasteiger partial charge in [-0.25, -0.2) is 9.78 Å². The van der Waals surface area contributed by atoms with Crippen molar-refractivity contribution < 1.29 is 4.79 Å². The van der Waals surface area contributed by atoms with Crippen LogP contribution in [0.25, 0.3) is 0 Å². The van der Waals surface area contributed by atoms with Crippen LogP contribution in [0.15, 0.2) is 28.7 Å². The number of aryl methyl sites for hydroxylation is 2. The molecule has 2 amide bonds. The number of carbonyl (C=O) groups excluding carboxylic acids is 1. The van der Waals surface area contributed by atoms with Crippen LogP contribution in [-0.2, 0) is 6.42 Å². The number of halogens is 1. The van der Waals surface area contributed by atoms with Crippen LogP contribution in [0.5, 0.6) is 0 Å². The lowest BCUT2D eigenvalue weighted by molar-refractivity contribution is 0.252. The van der Waals surface area contributed by atoms with E-state index in [4.69, 9.17) is 0 Å². The number of carbonyl (C=O) groups is 1. The molecule has 2 rings (SSSR count). The molecule has 1 heterocycles. The van der Waals surface area contributed by atoms with Crippen LogP contribution < -0.4 is 10.6 Å².